The van der Waals surface area contributed by atoms with E-state index in [0.29, 0.717) is 18.0 Å². The molecule has 19 heavy (non-hydrogen) atoms. The van der Waals surface area contributed by atoms with Crippen LogP contribution in [0, 0.1) is 0 Å². The number of benzene rings is 2. The van der Waals surface area contributed by atoms with Crippen LogP contribution in [0.25, 0.3) is 0 Å². The van der Waals surface area contributed by atoms with Gasteiger partial charge in [-0.2, -0.15) is 0 Å². The summed E-state index contributed by atoms with van der Waals surface area (Å²) < 4.78 is 28.3. The second-order valence-corrected chi connectivity index (χ2v) is 6.21. The highest BCUT2D eigenvalue weighted by atomic mass is 32.2. The maximum absolute atomic E-state index is 11.3. The van der Waals surface area contributed by atoms with Crippen molar-refractivity contribution in [2.75, 3.05) is 6.26 Å². The minimum absolute atomic E-state index is 0.276. The van der Waals surface area contributed by atoms with E-state index in [2.05, 4.69) is 0 Å². The molecule has 0 amide bonds. The van der Waals surface area contributed by atoms with E-state index in [1.165, 1.54) is 18.4 Å². The highest BCUT2D eigenvalue weighted by molar-refractivity contribution is 7.90. The lowest BCUT2D eigenvalue weighted by Crippen LogP contribution is -1.96. The minimum atomic E-state index is -3.17. The van der Waals surface area contributed by atoms with Gasteiger partial charge in [-0.3, -0.25) is 0 Å². The summed E-state index contributed by atoms with van der Waals surface area (Å²) >= 11 is 0. The molecule has 0 heterocycles. The van der Waals surface area contributed by atoms with Crippen LogP contribution in [-0.2, 0) is 16.4 Å². The maximum Gasteiger partial charge on any atom is 0.175 e. The molecule has 4 nitrogen and oxygen atoms in total. The molecule has 0 fully saturated rings. The molecule has 0 saturated carbocycles. The van der Waals surface area contributed by atoms with Crippen LogP contribution in [0.4, 0.5) is 0 Å². The molecule has 5 heteroatoms. The highest BCUT2D eigenvalue weighted by Gasteiger charge is 2.06. The number of nitrogens with two attached hydrogens (primary N) is 1. The molecule has 0 radical (unpaired) electrons. The molecule has 0 aliphatic rings. The molecule has 0 saturated heterocycles. The van der Waals surface area contributed by atoms with Crippen molar-refractivity contribution in [3.05, 3.63) is 54.1 Å². The van der Waals surface area contributed by atoms with E-state index >= 15 is 0 Å². The zero-order valence-corrected chi connectivity index (χ0v) is 11.4. The Labute approximate surface area is 112 Å². The van der Waals surface area contributed by atoms with Crippen LogP contribution in [0.2, 0.25) is 0 Å². The molecule has 2 aromatic rings. The van der Waals surface area contributed by atoms with E-state index in [1.54, 1.807) is 12.1 Å². The first kappa shape index (κ1) is 13.6. The van der Waals surface area contributed by atoms with Gasteiger partial charge in [0.15, 0.2) is 9.84 Å². The summed E-state index contributed by atoms with van der Waals surface area (Å²) in [5, 5.41) is 0. The van der Waals surface area contributed by atoms with Crippen molar-refractivity contribution >= 4 is 9.84 Å². The highest BCUT2D eigenvalue weighted by Crippen LogP contribution is 2.23. The SMILES string of the molecule is CS(=O)(=O)c1ccc(Oc2ccc(CN)cc2)cc1. The number of ether oxygens (including phenoxy) is 1. The van der Waals surface area contributed by atoms with Gasteiger partial charge in [-0.15, -0.1) is 0 Å². The molecule has 2 aromatic carbocycles. The normalized spacial score (nSPS) is 11.3. The molecular weight excluding hydrogens is 262 g/mol. The van der Waals surface area contributed by atoms with Gasteiger partial charge in [-0.1, -0.05) is 12.1 Å². The minimum Gasteiger partial charge on any atom is -0.457 e. The van der Waals surface area contributed by atoms with Crippen molar-refractivity contribution in [1.29, 1.82) is 0 Å². The summed E-state index contributed by atoms with van der Waals surface area (Å²) in [5.41, 5.74) is 6.54. The van der Waals surface area contributed by atoms with Crippen molar-refractivity contribution in [2.24, 2.45) is 5.73 Å². The number of hydrogen-bond donors (Lipinski definition) is 1. The van der Waals surface area contributed by atoms with Gasteiger partial charge >= 0.3 is 0 Å². The topological polar surface area (TPSA) is 69.4 Å². The Morgan fingerprint density at radius 1 is 0.947 bits per heavy atom. The first-order valence-electron chi connectivity index (χ1n) is 5.76. The van der Waals surface area contributed by atoms with Crippen LogP contribution >= 0.6 is 0 Å². The molecular formula is C14H15NO3S. The lowest BCUT2D eigenvalue weighted by molar-refractivity contribution is 0.482. The van der Waals surface area contributed by atoms with Gasteiger partial charge in [0.1, 0.15) is 11.5 Å². The Hall–Kier alpha value is -1.85. The number of sulfone groups is 1. The molecule has 0 aliphatic heterocycles. The average Bonchev–Trinajstić information content (AvgIpc) is 2.39. The van der Waals surface area contributed by atoms with Gasteiger partial charge in [0, 0.05) is 12.8 Å². The first-order valence-corrected chi connectivity index (χ1v) is 7.65. The van der Waals surface area contributed by atoms with E-state index < -0.39 is 9.84 Å². The van der Waals surface area contributed by atoms with Crippen LogP contribution in [0.5, 0.6) is 11.5 Å². The third-order valence-corrected chi connectivity index (χ3v) is 3.78. The summed E-state index contributed by atoms with van der Waals surface area (Å²) in [6.07, 6.45) is 1.18. The molecule has 2 rings (SSSR count). The van der Waals surface area contributed by atoms with Crippen LogP contribution in [0.15, 0.2) is 53.4 Å². The van der Waals surface area contributed by atoms with Crippen molar-refractivity contribution in [2.45, 2.75) is 11.4 Å². The van der Waals surface area contributed by atoms with E-state index in [1.807, 2.05) is 24.3 Å². The summed E-state index contributed by atoms with van der Waals surface area (Å²) in [6.45, 7) is 0.489. The Morgan fingerprint density at radius 3 is 1.84 bits per heavy atom. The molecule has 0 aliphatic carbocycles. The van der Waals surface area contributed by atoms with E-state index in [9.17, 15) is 8.42 Å². The van der Waals surface area contributed by atoms with Crippen molar-refractivity contribution < 1.29 is 13.2 Å². The third-order valence-electron chi connectivity index (χ3n) is 2.65. The average molecular weight is 277 g/mol. The number of rotatable bonds is 4. The van der Waals surface area contributed by atoms with Crippen molar-refractivity contribution in [1.82, 2.24) is 0 Å². The zero-order valence-electron chi connectivity index (χ0n) is 10.5. The van der Waals surface area contributed by atoms with Crippen molar-refractivity contribution in [3.8, 4) is 11.5 Å². The molecule has 0 atom stereocenters. The summed E-state index contributed by atoms with van der Waals surface area (Å²) in [7, 11) is -3.17. The van der Waals surface area contributed by atoms with Gasteiger partial charge in [-0.25, -0.2) is 8.42 Å². The molecule has 0 aromatic heterocycles. The van der Waals surface area contributed by atoms with Crippen LogP contribution < -0.4 is 10.5 Å². The molecule has 100 valence electrons. The number of hydrogen-bond acceptors (Lipinski definition) is 4. The fourth-order valence-corrected chi connectivity index (χ4v) is 2.22. The Balaban J connectivity index is 2.15. The Kier molecular flexibility index (Phi) is 3.87. The van der Waals surface area contributed by atoms with Gasteiger partial charge in [0.25, 0.3) is 0 Å². The maximum atomic E-state index is 11.3. The Bertz CT molecular complexity index is 646. The largest absolute Gasteiger partial charge is 0.457 e. The third kappa shape index (κ3) is 3.56. The fraction of sp³-hybridized carbons (Fsp3) is 0.143. The Morgan fingerprint density at radius 2 is 1.42 bits per heavy atom. The van der Waals surface area contributed by atoms with Gasteiger partial charge < -0.3 is 10.5 Å². The molecule has 0 bridgehead atoms. The predicted octanol–water partition coefficient (Wildman–Crippen LogP) is 2.34. The van der Waals surface area contributed by atoms with E-state index in [4.69, 9.17) is 10.5 Å². The van der Waals surface area contributed by atoms with Crippen LogP contribution in [0.3, 0.4) is 0 Å². The fourth-order valence-electron chi connectivity index (χ4n) is 1.58. The lowest BCUT2D eigenvalue weighted by atomic mass is 10.2. The monoisotopic (exact) mass is 277 g/mol. The van der Waals surface area contributed by atoms with Gasteiger partial charge in [0.2, 0.25) is 0 Å². The van der Waals surface area contributed by atoms with E-state index in [-0.39, 0.29) is 4.90 Å². The van der Waals surface area contributed by atoms with Gasteiger partial charge in [-0.05, 0) is 42.0 Å². The smallest absolute Gasteiger partial charge is 0.175 e. The molecule has 0 spiro atoms. The summed E-state index contributed by atoms with van der Waals surface area (Å²) in [5.74, 6) is 1.28. The first-order chi connectivity index (χ1) is 8.99. The van der Waals surface area contributed by atoms with E-state index in [0.717, 1.165) is 5.56 Å². The quantitative estimate of drug-likeness (QED) is 0.931. The molecule has 0 unspecified atom stereocenters. The van der Waals surface area contributed by atoms with Crippen LogP contribution in [0.1, 0.15) is 5.56 Å². The van der Waals surface area contributed by atoms with Gasteiger partial charge in [0.05, 0.1) is 4.90 Å². The summed E-state index contributed by atoms with van der Waals surface area (Å²) in [6, 6.07) is 13.7. The van der Waals surface area contributed by atoms with Crippen LogP contribution in [-0.4, -0.2) is 14.7 Å². The molecule has 2 N–H and O–H groups in total. The summed E-state index contributed by atoms with van der Waals surface area (Å²) in [4.78, 5) is 0.276. The lowest BCUT2D eigenvalue weighted by Gasteiger charge is -2.07. The second-order valence-electron chi connectivity index (χ2n) is 4.19. The predicted molar refractivity (Wildman–Crippen MR) is 74.0 cm³/mol. The standard InChI is InChI=1S/C14H15NO3S/c1-19(16,17)14-8-6-13(7-9-14)18-12-4-2-11(10-15)3-5-12/h2-9H,10,15H2,1H3. The van der Waals surface area contributed by atoms with Crippen molar-refractivity contribution in [3.63, 3.8) is 0 Å². The zero-order chi connectivity index (χ0) is 13.9. The second kappa shape index (κ2) is 5.42.